The van der Waals surface area contributed by atoms with Crippen molar-refractivity contribution in [2.45, 2.75) is 62.8 Å². The van der Waals surface area contributed by atoms with Crippen LogP contribution in [0.1, 0.15) is 52.9 Å². The molecule has 0 saturated carbocycles. The van der Waals surface area contributed by atoms with Crippen LogP contribution in [0.25, 0.3) is 10.4 Å². The monoisotopic (exact) mass is 573 g/mol. The van der Waals surface area contributed by atoms with Crippen molar-refractivity contribution < 1.29 is 12.8 Å². The molecule has 0 heterocycles. The predicted octanol–water partition coefficient (Wildman–Crippen LogP) is 7.34. The van der Waals surface area contributed by atoms with Gasteiger partial charge in [0.2, 0.25) is 9.84 Å². The topological polar surface area (TPSA) is 92.1 Å². The van der Waals surface area contributed by atoms with Crippen LogP contribution in [0.3, 0.4) is 0 Å². The van der Waals surface area contributed by atoms with Gasteiger partial charge >= 0.3 is 0 Å². The Morgan fingerprint density at radius 2 is 1.45 bits per heavy atom. The van der Waals surface area contributed by atoms with E-state index in [1.807, 2.05) is 18.2 Å². The van der Waals surface area contributed by atoms with Crippen molar-refractivity contribution in [1.82, 2.24) is 0 Å². The maximum atomic E-state index is 13.2. The fraction of sp³-hybridized carbons (Fsp3) is 0.344. The molecule has 8 heteroatoms. The minimum atomic E-state index is -3.66. The fourth-order valence-electron chi connectivity index (χ4n) is 4.90. The minimum Gasteiger partial charge on any atom is -0.407 e. The molecular formula is C32H39N3O3SSi. The summed E-state index contributed by atoms with van der Waals surface area (Å²) in [6.45, 7) is 7.66. The lowest BCUT2D eigenvalue weighted by Crippen LogP contribution is -2.66. The first-order chi connectivity index (χ1) is 19.2. The van der Waals surface area contributed by atoms with E-state index in [1.54, 1.807) is 30.3 Å². The van der Waals surface area contributed by atoms with E-state index in [1.165, 1.54) is 10.4 Å². The van der Waals surface area contributed by atoms with Crippen molar-refractivity contribution in [1.29, 1.82) is 0 Å². The Labute approximate surface area is 240 Å². The van der Waals surface area contributed by atoms with Crippen molar-refractivity contribution in [2.75, 3.05) is 13.2 Å². The molecule has 0 N–H and O–H groups in total. The zero-order valence-corrected chi connectivity index (χ0v) is 25.5. The normalized spacial score (nSPS) is 11.8. The van der Waals surface area contributed by atoms with Crippen molar-refractivity contribution in [3.05, 3.63) is 118 Å². The number of sulfone groups is 1. The number of hydrogen-bond acceptors (Lipinski definition) is 4. The minimum absolute atomic E-state index is 0.0748. The molecule has 0 radical (unpaired) electrons. The molecular weight excluding hydrogens is 535 g/mol. The Bertz CT molecular complexity index is 1390. The molecule has 3 aromatic carbocycles. The van der Waals surface area contributed by atoms with Gasteiger partial charge in [-0.15, -0.1) is 5.73 Å². The Kier molecular flexibility index (Phi) is 11.6. The molecule has 0 saturated heterocycles. The molecule has 0 aliphatic carbocycles. The van der Waals surface area contributed by atoms with Gasteiger partial charge < -0.3 is 4.43 Å². The molecule has 0 amide bonds. The quantitative estimate of drug-likeness (QED) is 0.0504. The second kappa shape index (κ2) is 14.8. The molecule has 0 bridgehead atoms. The van der Waals surface area contributed by atoms with Gasteiger partial charge in [-0.3, -0.25) is 0 Å². The summed E-state index contributed by atoms with van der Waals surface area (Å²) < 4.78 is 33.3. The van der Waals surface area contributed by atoms with Crippen LogP contribution in [0.4, 0.5) is 0 Å². The van der Waals surface area contributed by atoms with Gasteiger partial charge in [0.15, 0.2) is 0 Å². The van der Waals surface area contributed by atoms with E-state index in [-0.39, 0.29) is 27.8 Å². The van der Waals surface area contributed by atoms with Crippen molar-refractivity contribution >= 4 is 28.5 Å². The Balaban J connectivity index is 1.74. The highest BCUT2D eigenvalue weighted by Crippen LogP contribution is 2.36. The summed E-state index contributed by atoms with van der Waals surface area (Å²) in [5, 5.41) is 5.97. The Morgan fingerprint density at radius 3 is 1.98 bits per heavy atom. The molecule has 3 rings (SSSR count). The number of benzene rings is 3. The van der Waals surface area contributed by atoms with Crippen LogP contribution in [0.15, 0.2) is 118 Å². The summed E-state index contributed by atoms with van der Waals surface area (Å²) in [7, 11) is -6.23. The van der Waals surface area contributed by atoms with E-state index in [9.17, 15) is 8.42 Å². The van der Waals surface area contributed by atoms with E-state index in [2.05, 4.69) is 85.1 Å². The van der Waals surface area contributed by atoms with E-state index >= 15 is 0 Å². The highest BCUT2D eigenvalue weighted by atomic mass is 32.2. The molecule has 6 nitrogen and oxygen atoms in total. The molecule has 0 aliphatic heterocycles. The van der Waals surface area contributed by atoms with E-state index in [4.69, 9.17) is 9.96 Å². The van der Waals surface area contributed by atoms with Gasteiger partial charge in [0.1, 0.15) is 0 Å². The van der Waals surface area contributed by atoms with Crippen LogP contribution in [0.2, 0.25) is 5.04 Å². The van der Waals surface area contributed by atoms with Gasteiger partial charge in [0.05, 0.1) is 9.80 Å². The van der Waals surface area contributed by atoms with Gasteiger partial charge in [0, 0.05) is 18.1 Å². The largest absolute Gasteiger partial charge is 0.407 e. The first kappa shape index (κ1) is 31.1. The fourth-order valence-corrected chi connectivity index (χ4v) is 11.0. The van der Waals surface area contributed by atoms with E-state index < -0.39 is 18.2 Å². The smallest absolute Gasteiger partial charge is 0.261 e. The molecule has 40 heavy (non-hydrogen) atoms. The first-order valence-corrected chi connectivity index (χ1v) is 17.1. The van der Waals surface area contributed by atoms with Gasteiger partial charge in [-0.1, -0.05) is 105 Å². The summed E-state index contributed by atoms with van der Waals surface area (Å²) in [5.74, 6) is 0. The number of allylic oxidation sites excluding steroid dienone is 1. The lowest BCUT2D eigenvalue weighted by atomic mass is 10.2. The molecule has 210 valence electrons. The summed E-state index contributed by atoms with van der Waals surface area (Å²) in [4.78, 5) is 3.22. The van der Waals surface area contributed by atoms with Crippen LogP contribution in [-0.4, -0.2) is 29.9 Å². The number of hydrogen-bond donors (Lipinski definition) is 0. The van der Waals surface area contributed by atoms with Gasteiger partial charge in [-0.05, 0) is 71.3 Å². The molecule has 0 aliphatic rings. The number of rotatable bonds is 14. The van der Waals surface area contributed by atoms with Crippen LogP contribution >= 0.6 is 0 Å². The van der Waals surface area contributed by atoms with Crippen LogP contribution in [0.5, 0.6) is 0 Å². The summed E-state index contributed by atoms with van der Waals surface area (Å²) in [6.07, 6.45) is 4.91. The lowest BCUT2D eigenvalue weighted by molar-refractivity contribution is 0.289. The molecule has 0 fully saturated rings. The highest BCUT2D eigenvalue weighted by molar-refractivity contribution is 7.95. The third-order valence-corrected chi connectivity index (χ3v) is 13.8. The standard InChI is InChI=1S/C32H39N3O3SSi/c1-32(2,3)40(30-22-12-7-13-23-30,31-24-14-8-15-25-31)38-27-16-5-4-9-18-29(21-17-26-34-35-33)39(36,37)28-19-10-6-11-20-28/h6-15,19-20,22-25H,4-5,16-17,21,26-27H2,1-3H3. The maximum absolute atomic E-state index is 13.2. The third-order valence-electron chi connectivity index (χ3n) is 6.84. The van der Waals surface area contributed by atoms with Crippen LogP contribution in [0, 0.1) is 0 Å². The molecule has 0 atom stereocenters. The lowest BCUT2D eigenvalue weighted by Gasteiger charge is -2.43. The van der Waals surface area contributed by atoms with Crippen LogP contribution in [-0.2, 0) is 14.3 Å². The third kappa shape index (κ3) is 7.84. The van der Waals surface area contributed by atoms with Crippen molar-refractivity contribution in [3.8, 4) is 0 Å². The SMILES string of the molecule is CC(C)(C)[Si](OCCCCC=C=C(CCCN=[N+]=[N-])S(=O)(=O)c1ccccc1)(c1ccccc1)c1ccccc1. The van der Waals surface area contributed by atoms with Gasteiger partial charge in [-0.25, -0.2) is 8.42 Å². The predicted molar refractivity (Wildman–Crippen MR) is 166 cm³/mol. The molecule has 0 aromatic heterocycles. The summed E-state index contributed by atoms with van der Waals surface area (Å²) in [6, 6.07) is 29.6. The van der Waals surface area contributed by atoms with Crippen LogP contribution < -0.4 is 10.4 Å². The average molecular weight is 574 g/mol. The van der Waals surface area contributed by atoms with Gasteiger partial charge in [0.25, 0.3) is 8.32 Å². The van der Waals surface area contributed by atoms with Crippen molar-refractivity contribution in [3.63, 3.8) is 0 Å². The van der Waals surface area contributed by atoms with E-state index in [0.29, 0.717) is 19.4 Å². The summed E-state index contributed by atoms with van der Waals surface area (Å²) >= 11 is 0. The number of unbranched alkanes of at least 4 members (excludes halogenated alkanes) is 2. The molecule has 3 aromatic rings. The molecule has 0 spiro atoms. The zero-order valence-electron chi connectivity index (χ0n) is 23.7. The first-order valence-electron chi connectivity index (χ1n) is 13.7. The Morgan fingerprint density at radius 1 is 0.900 bits per heavy atom. The second-order valence-corrected chi connectivity index (χ2v) is 16.9. The number of nitrogens with zero attached hydrogens (tertiary/aromatic N) is 3. The molecule has 0 unspecified atom stereocenters. The summed E-state index contributed by atoms with van der Waals surface area (Å²) in [5.41, 5.74) is 11.6. The second-order valence-electron chi connectivity index (χ2n) is 10.7. The zero-order chi connectivity index (χ0) is 28.9. The number of azide groups is 1. The van der Waals surface area contributed by atoms with Gasteiger partial charge in [-0.2, -0.15) is 0 Å². The maximum Gasteiger partial charge on any atom is 0.261 e. The Hall–Kier alpha value is -3.38. The highest BCUT2D eigenvalue weighted by Gasteiger charge is 2.49. The average Bonchev–Trinajstić information content (AvgIpc) is 2.96. The van der Waals surface area contributed by atoms with E-state index in [0.717, 1.165) is 12.8 Å². The van der Waals surface area contributed by atoms with Crippen molar-refractivity contribution in [2.24, 2.45) is 5.11 Å².